The minimum Gasteiger partial charge on any atom is -0.353 e. The third-order valence-electron chi connectivity index (χ3n) is 5.27. The number of hydrogen-bond donors (Lipinski definition) is 1. The quantitative estimate of drug-likeness (QED) is 0.925. The minimum atomic E-state index is 0.512. The van der Waals surface area contributed by atoms with Gasteiger partial charge in [0.1, 0.15) is 5.82 Å². The number of rotatable bonds is 4. The highest BCUT2D eigenvalue weighted by Gasteiger charge is 2.37. The standard InChI is InChI=1S/C17H30N4/c1-12(2)18-11-15-13(3)19-20(4)17(15)21-10-6-8-14-7-5-9-16(14)21/h12,14,16,18H,5-11H2,1-4H3. The molecule has 2 fully saturated rings. The molecule has 0 amide bonds. The van der Waals surface area contributed by atoms with Gasteiger partial charge in [-0.1, -0.05) is 20.3 Å². The molecule has 118 valence electrons. The average molecular weight is 290 g/mol. The molecule has 1 saturated carbocycles. The van der Waals surface area contributed by atoms with E-state index in [1.165, 1.54) is 55.7 Å². The van der Waals surface area contributed by atoms with Gasteiger partial charge in [-0.05, 0) is 38.5 Å². The molecule has 1 N–H and O–H groups in total. The van der Waals surface area contributed by atoms with Crippen LogP contribution in [0.2, 0.25) is 0 Å². The number of hydrogen-bond acceptors (Lipinski definition) is 3. The summed E-state index contributed by atoms with van der Waals surface area (Å²) in [5.74, 6) is 2.29. The molecule has 1 aliphatic heterocycles. The van der Waals surface area contributed by atoms with Crippen molar-refractivity contribution in [2.45, 2.75) is 71.5 Å². The minimum absolute atomic E-state index is 0.512. The Morgan fingerprint density at radius 2 is 2.00 bits per heavy atom. The molecular weight excluding hydrogens is 260 g/mol. The summed E-state index contributed by atoms with van der Waals surface area (Å²) in [6, 6.07) is 1.27. The topological polar surface area (TPSA) is 33.1 Å². The predicted molar refractivity (Wildman–Crippen MR) is 87.6 cm³/mol. The fourth-order valence-electron chi connectivity index (χ4n) is 4.28. The van der Waals surface area contributed by atoms with Crippen LogP contribution in [0.5, 0.6) is 0 Å². The molecule has 0 bridgehead atoms. The summed E-state index contributed by atoms with van der Waals surface area (Å²) in [6.45, 7) is 8.70. The third-order valence-corrected chi connectivity index (χ3v) is 5.27. The van der Waals surface area contributed by atoms with Crippen molar-refractivity contribution in [1.29, 1.82) is 0 Å². The van der Waals surface area contributed by atoms with E-state index in [4.69, 9.17) is 5.10 Å². The second kappa shape index (κ2) is 5.99. The van der Waals surface area contributed by atoms with E-state index in [9.17, 15) is 0 Å². The number of nitrogens with zero attached hydrogens (tertiary/aromatic N) is 3. The molecule has 0 aromatic carbocycles. The maximum absolute atomic E-state index is 4.71. The van der Waals surface area contributed by atoms with Crippen LogP contribution < -0.4 is 10.2 Å². The lowest BCUT2D eigenvalue weighted by atomic mass is 9.91. The Morgan fingerprint density at radius 3 is 2.76 bits per heavy atom. The van der Waals surface area contributed by atoms with Gasteiger partial charge in [-0.2, -0.15) is 5.10 Å². The van der Waals surface area contributed by atoms with Crippen molar-refractivity contribution < 1.29 is 0 Å². The predicted octanol–water partition coefficient (Wildman–Crippen LogP) is 3.00. The molecule has 4 nitrogen and oxygen atoms in total. The van der Waals surface area contributed by atoms with Gasteiger partial charge in [-0.25, -0.2) is 0 Å². The zero-order valence-electron chi connectivity index (χ0n) is 14.0. The van der Waals surface area contributed by atoms with Gasteiger partial charge in [0.25, 0.3) is 0 Å². The smallest absolute Gasteiger partial charge is 0.131 e. The molecule has 0 spiro atoms. The first kappa shape index (κ1) is 14.9. The fraction of sp³-hybridized carbons (Fsp3) is 0.824. The van der Waals surface area contributed by atoms with Crippen molar-refractivity contribution in [3.8, 4) is 0 Å². The largest absolute Gasteiger partial charge is 0.353 e. The molecule has 2 aliphatic rings. The number of piperidine rings is 1. The van der Waals surface area contributed by atoms with Gasteiger partial charge in [-0.15, -0.1) is 0 Å². The van der Waals surface area contributed by atoms with E-state index >= 15 is 0 Å². The van der Waals surface area contributed by atoms with E-state index in [-0.39, 0.29) is 0 Å². The first-order valence-corrected chi connectivity index (χ1v) is 8.60. The lowest BCUT2D eigenvalue weighted by Crippen LogP contribution is -2.44. The third kappa shape index (κ3) is 2.83. The Morgan fingerprint density at radius 1 is 1.24 bits per heavy atom. The molecule has 0 radical (unpaired) electrons. The summed E-state index contributed by atoms with van der Waals surface area (Å²) >= 11 is 0. The van der Waals surface area contributed by atoms with Crippen LogP contribution in [-0.4, -0.2) is 28.4 Å². The van der Waals surface area contributed by atoms with Gasteiger partial charge < -0.3 is 10.2 Å². The highest BCUT2D eigenvalue weighted by atomic mass is 15.4. The molecule has 2 heterocycles. The van der Waals surface area contributed by atoms with Crippen LogP contribution in [0.1, 0.15) is 57.2 Å². The van der Waals surface area contributed by atoms with Crippen molar-refractivity contribution in [3.05, 3.63) is 11.3 Å². The highest BCUT2D eigenvalue weighted by molar-refractivity contribution is 5.52. The Hall–Kier alpha value is -1.03. The number of anilines is 1. The summed E-state index contributed by atoms with van der Waals surface area (Å²) in [6.07, 6.45) is 6.96. The van der Waals surface area contributed by atoms with E-state index in [1.54, 1.807) is 0 Å². The summed E-state index contributed by atoms with van der Waals surface area (Å²) in [5, 5.41) is 8.29. The van der Waals surface area contributed by atoms with E-state index in [0.717, 1.165) is 18.5 Å². The Bertz CT molecular complexity index is 491. The number of aromatic nitrogens is 2. The van der Waals surface area contributed by atoms with E-state index in [0.29, 0.717) is 6.04 Å². The molecule has 2 unspecified atom stereocenters. The Labute approximate surface area is 128 Å². The molecule has 1 aromatic heterocycles. The summed E-state index contributed by atoms with van der Waals surface area (Å²) in [4.78, 5) is 2.68. The van der Waals surface area contributed by atoms with Crippen LogP contribution in [-0.2, 0) is 13.6 Å². The van der Waals surface area contributed by atoms with Gasteiger partial charge in [0.05, 0.1) is 5.69 Å². The van der Waals surface area contributed by atoms with Crippen molar-refractivity contribution in [1.82, 2.24) is 15.1 Å². The van der Waals surface area contributed by atoms with Gasteiger partial charge in [0, 0.05) is 37.8 Å². The van der Waals surface area contributed by atoms with E-state index < -0.39 is 0 Å². The van der Waals surface area contributed by atoms with E-state index in [2.05, 4.69) is 42.7 Å². The van der Waals surface area contributed by atoms with Gasteiger partial charge in [0.2, 0.25) is 0 Å². The molecular formula is C17H30N4. The van der Waals surface area contributed by atoms with Crippen molar-refractivity contribution in [2.75, 3.05) is 11.4 Å². The Balaban J connectivity index is 1.89. The molecule has 1 saturated heterocycles. The van der Waals surface area contributed by atoms with Crippen LogP contribution in [0.15, 0.2) is 0 Å². The molecule has 3 rings (SSSR count). The summed E-state index contributed by atoms with van der Waals surface area (Å²) < 4.78 is 2.12. The monoisotopic (exact) mass is 290 g/mol. The lowest BCUT2D eigenvalue weighted by molar-refractivity contribution is 0.357. The maximum atomic E-state index is 4.71. The lowest BCUT2D eigenvalue weighted by Gasteiger charge is -2.39. The van der Waals surface area contributed by atoms with Crippen molar-refractivity contribution in [2.24, 2.45) is 13.0 Å². The van der Waals surface area contributed by atoms with Crippen molar-refractivity contribution in [3.63, 3.8) is 0 Å². The molecule has 2 atom stereocenters. The average Bonchev–Trinajstić information content (AvgIpc) is 3.00. The second-order valence-corrected chi connectivity index (χ2v) is 7.14. The molecule has 4 heteroatoms. The molecule has 1 aliphatic carbocycles. The zero-order chi connectivity index (χ0) is 15.0. The second-order valence-electron chi connectivity index (χ2n) is 7.14. The van der Waals surface area contributed by atoms with Gasteiger partial charge in [-0.3, -0.25) is 4.68 Å². The van der Waals surface area contributed by atoms with Crippen LogP contribution in [0.25, 0.3) is 0 Å². The zero-order valence-corrected chi connectivity index (χ0v) is 14.0. The fourth-order valence-corrected chi connectivity index (χ4v) is 4.28. The first-order chi connectivity index (χ1) is 10.1. The molecule has 21 heavy (non-hydrogen) atoms. The number of aryl methyl sites for hydroxylation is 2. The first-order valence-electron chi connectivity index (χ1n) is 8.60. The normalized spacial score (nSPS) is 25.7. The van der Waals surface area contributed by atoms with Crippen LogP contribution in [0.4, 0.5) is 5.82 Å². The highest BCUT2D eigenvalue weighted by Crippen LogP contribution is 2.40. The van der Waals surface area contributed by atoms with Gasteiger partial charge >= 0.3 is 0 Å². The van der Waals surface area contributed by atoms with E-state index in [1.807, 2.05) is 0 Å². The summed E-state index contributed by atoms with van der Waals surface area (Å²) in [7, 11) is 2.11. The summed E-state index contributed by atoms with van der Waals surface area (Å²) in [5.41, 5.74) is 2.58. The van der Waals surface area contributed by atoms with Crippen molar-refractivity contribution >= 4 is 5.82 Å². The van der Waals surface area contributed by atoms with Crippen LogP contribution in [0, 0.1) is 12.8 Å². The van der Waals surface area contributed by atoms with Crippen LogP contribution in [0.3, 0.4) is 0 Å². The SMILES string of the molecule is Cc1nn(C)c(N2CCCC3CCCC32)c1CNC(C)C. The van der Waals surface area contributed by atoms with Crippen LogP contribution >= 0.6 is 0 Å². The number of fused-ring (bicyclic) bond motifs is 1. The number of nitrogens with one attached hydrogen (secondary N) is 1. The maximum Gasteiger partial charge on any atom is 0.131 e. The molecule has 1 aromatic rings. The Kier molecular flexibility index (Phi) is 4.25. The van der Waals surface area contributed by atoms with Gasteiger partial charge in [0.15, 0.2) is 0 Å².